The van der Waals surface area contributed by atoms with Crippen LogP contribution in [0.4, 0.5) is 0 Å². The minimum Gasteiger partial charge on any atom is -0.497 e. The molecule has 2 aromatic rings. The molecule has 0 aliphatic heterocycles. The second-order valence-corrected chi connectivity index (χ2v) is 4.74. The third-order valence-electron chi connectivity index (χ3n) is 2.99. The highest BCUT2D eigenvalue weighted by atomic mass is 35.5. The molecule has 0 bridgehead atoms. The number of hydrogen-bond acceptors (Lipinski definition) is 3. The zero-order valence-corrected chi connectivity index (χ0v) is 12.6. The summed E-state index contributed by atoms with van der Waals surface area (Å²) in [6, 6.07) is 12.6. The number of esters is 1. The van der Waals surface area contributed by atoms with Gasteiger partial charge in [-0.05, 0) is 41.5 Å². The van der Waals surface area contributed by atoms with E-state index in [2.05, 4.69) is 4.74 Å². The van der Waals surface area contributed by atoms with Crippen LogP contribution in [0, 0.1) is 0 Å². The van der Waals surface area contributed by atoms with Gasteiger partial charge in [-0.25, -0.2) is 4.79 Å². The maximum atomic E-state index is 11.3. The predicted molar refractivity (Wildman–Crippen MR) is 84.7 cm³/mol. The standard InChI is InChI=1S/C17H15ClO3/c1-20-15-10-9-13(16(18)11-15)6-3-12-4-7-14(8-5-12)17(19)21-2/h3-11H,1-2H3. The lowest BCUT2D eigenvalue weighted by atomic mass is 10.1. The van der Waals surface area contributed by atoms with Gasteiger partial charge in [-0.3, -0.25) is 0 Å². The van der Waals surface area contributed by atoms with Gasteiger partial charge in [-0.15, -0.1) is 0 Å². The van der Waals surface area contributed by atoms with E-state index in [4.69, 9.17) is 16.3 Å². The summed E-state index contributed by atoms with van der Waals surface area (Å²) in [4.78, 5) is 11.3. The van der Waals surface area contributed by atoms with Crippen LogP contribution in [0.15, 0.2) is 42.5 Å². The fourth-order valence-electron chi connectivity index (χ4n) is 1.80. The van der Waals surface area contributed by atoms with Gasteiger partial charge in [0, 0.05) is 0 Å². The van der Waals surface area contributed by atoms with Crippen molar-refractivity contribution in [1.82, 2.24) is 0 Å². The van der Waals surface area contributed by atoms with Gasteiger partial charge in [0.1, 0.15) is 5.75 Å². The first-order valence-electron chi connectivity index (χ1n) is 6.34. The van der Waals surface area contributed by atoms with Gasteiger partial charge in [-0.2, -0.15) is 0 Å². The lowest BCUT2D eigenvalue weighted by Crippen LogP contribution is -2.00. The number of hydrogen-bond donors (Lipinski definition) is 0. The fourth-order valence-corrected chi connectivity index (χ4v) is 2.04. The number of halogens is 1. The molecule has 0 unspecified atom stereocenters. The maximum Gasteiger partial charge on any atom is 0.337 e. The summed E-state index contributed by atoms with van der Waals surface area (Å²) in [5, 5.41) is 0.622. The molecule has 108 valence electrons. The minimum absolute atomic E-state index is 0.344. The molecule has 0 atom stereocenters. The number of methoxy groups -OCH3 is 2. The number of carbonyl (C=O) groups excluding carboxylic acids is 1. The van der Waals surface area contributed by atoms with E-state index in [1.54, 1.807) is 25.3 Å². The number of benzene rings is 2. The van der Waals surface area contributed by atoms with Crippen molar-refractivity contribution in [2.24, 2.45) is 0 Å². The zero-order chi connectivity index (χ0) is 15.2. The summed E-state index contributed by atoms with van der Waals surface area (Å²) in [5.74, 6) is 0.378. The van der Waals surface area contributed by atoms with Crippen LogP contribution < -0.4 is 4.74 Å². The van der Waals surface area contributed by atoms with Gasteiger partial charge >= 0.3 is 5.97 Å². The summed E-state index contributed by atoms with van der Waals surface area (Å²) >= 11 is 6.17. The van der Waals surface area contributed by atoms with Crippen LogP contribution in [-0.4, -0.2) is 20.2 Å². The summed E-state index contributed by atoms with van der Waals surface area (Å²) in [6.07, 6.45) is 3.84. The van der Waals surface area contributed by atoms with E-state index in [1.165, 1.54) is 7.11 Å². The second-order valence-electron chi connectivity index (χ2n) is 4.33. The van der Waals surface area contributed by atoms with Crippen molar-refractivity contribution >= 4 is 29.7 Å². The van der Waals surface area contributed by atoms with Gasteiger partial charge in [0.05, 0.1) is 24.8 Å². The van der Waals surface area contributed by atoms with Gasteiger partial charge in [0.2, 0.25) is 0 Å². The summed E-state index contributed by atoms with van der Waals surface area (Å²) in [5.41, 5.74) is 2.39. The van der Waals surface area contributed by atoms with Gasteiger partial charge in [0.15, 0.2) is 0 Å². The first kappa shape index (κ1) is 15.1. The Balaban J connectivity index is 2.16. The van der Waals surface area contributed by atoms with E-state index in [0.717, 1.165) is 16.9 Å². The van der Waals surface area contributed by atoms with Gasteiger partial charge in [0.25, 0.3) is 0 Å². The highest BCUT2D eigenvalue weighted by molar-refractivity contribution is 6.32. The van der Waals surface area contributed by atoms with Crippen LogP contribution >= 0.6 is 11.6 Å². The molecule has 0 aliphatic carbocycles. The molecule has 0 heterocycles. The molecule has 0 saturated heterocycles. The van der Waals surface area contributed by atoms with E-state index in [1.807, 2.05) is 36.4 Å². The average molecular weight is 303 g/mol. The lowest BCUT2D eigenvalue weighted by molar-refractivity contribution is 0.0601. The second kappa shape index (κ2) is 6.95. The highest BCUT2D eigenvalue weighted by Gasteiger charge is 2.03. The highest BCUT2D eigenvalue weighted by Crippen LogP contribution is 2.24. The first-order chi connectivity index (χ1) is 10.1. The first-order valence-corrected chi connectivity index (χ1v) is 6.72. The van der Waals surface area contributed by atoms with Crippen LogP contribution in [-0.2, 0) is 4.74 Å². The Morgan fingerprint density at radius 1 is 1.05 bits per heavy atom. The molecule has 2 aromatic carbocycles. The van der Waals surface area contributed by atoms with E-state index >= 15 is 0 Å². The molecular weight excluding hydrogens is 288 g/mol. The van der Waals surface area contributed by atoms with Crippen LogP contribution in [0.5, 0.6) is 5.75 Å². The Morgan fingerprint density at radius 2 is 1.76 bits per heavy atom. The molecule has 0 spiro atoms. The third-order valence-corrected chi connectivity index (χ3v) is 3.32. The molecule has 0 aliphatic rings. The average Bonchev–Trinajstić information content (AvgIpc) is 2.53. The molecule has 0 fully saturated rings. The Labute approximate surface area is 128 Å². The van der Waals surface area contributed by atoms with Crippen molar-refractivity contribution in [3.63, 3.8) is 0 Å². The monoisotopic (exact) mass is 302 g/mol. The number of carbonyl (C=O) groups is 1. The third kappa shape index (κ3) is 3.86. The van der Waals surface area contributed by atoms with Crippen LogP contribution in [0.25, 0.3) is 12.2 Å². The summed E-state index contributed by atoms with van der Waals surface area (Å²) in [6.45, 7) is 0. The van der Waals surface area contributed by atoms with Crippen LogP contribution in [0.1, 0.15) is 21.5 Å². The Bertz CT molecular complexity index is 660. The molecule has 0 radical (unpaired) electrons. The predicted octanol–water partition coefficient (Wildman–Crippen LogP) is 4.31. The largest absolute Gasteiger partial charge is 0.497 e. The number of ether oxygens (including phenoxy) is 2. The van der Waals surface area contributed by atoms with Crippen molar-refractivity contribution < 1.29 is 14.3 Å². The lowest BCUT2D eigenvalue weighted by Gasteiger charge is -2.03. The minimum atomic E-state index is -0.344. The molecule has 0 aromatic heterocycles. The van der Waals surface area contributed by atoms with Crippen molar-refractivity contribution in [3.8, 4) is 5.75 Å². The molecule has 2 rings (SSSR count). The van der Waals surface area contributed by atoms with Crippen molar-refractivity contribution in [1.29, 1.82) is 0 Å². The van der Waals surface area contributed by atoms with E-state index in [0.29, 0.717) is 10.6 Å². The molecule has 0 amide bonds. The molecule has 0 N–H and O–H groups in total. The Hall–Kier alpha value is -2.26. The van der Waals surface area contributed by atoms with E-state index in [9.17, 15) is 4.79 Å². The van der Waals surface area contributed by atoms with E-state index < -0.39 is 0 Å². The van der Waals surface area contributed by atoms with E-state index in [-0.39, 0.29) is 5.97 Å². The fraction of sp³-hybridized carbons (Fsp3) is 0.118. The van der Waals surface area contributed by atoms with Gasteiger partial charge < -0.3 is 9.47 Å². The SMILES string of the molecule is COC(=O)c1ccc(C=Cc2ccc(OC)cc2Cl)cc1. The quantitative estimate of drug-likeness (QED) is 0.624. The zero-order valence-electron chi connectivity index (χ0n) is 11.8. The number of rotatable bonds is 4. The normalized spacial score (nSPS) is 10.6. The Morgan fingerprint density at radius 3 is 2.33 bits per heavy atom. The smallest absolute Gasteiger partial charge is 0.337 e. The van der Waals surface area contributed by atoms with Crippen LogP contribution in [0.3, 0.4) is 0 Å². The molecule has 3 nitrogen and oxygen atoms in total. The topological polar surface area (TPSA) is 35.5 Å². The summed E-state index contributed by atoms with van der Waals surface area (Å²) in [7, 11) is 2.96. The molecule has 21 heavy (non-hydrogen) atoms. The van der Waals surface area contributed by atoms with Gasteiger partial charge in [-0.1, -0.05) is 35.9 Å². The van der Waals surface area contributed by atoms with Crippen molar-refractivity contribution in [2.45, 2.75) is 0 Å². The van der Waals surface area contributed by atoms with Crippen molar-refractivity contribution in [2.75, 3.05) is 14.2 Å². The summed E-state index contributed by atoms with van der Waals surface area (Å²) < 4.78 is 9.76. The molecule has 0 saturated carbocycles. The molecular formula is C17H15ClO3. The van der Waals surface area contributed by atoms with Crippen LogP contribution in [0.2, 0.25) is 5.02 Å². The maximum absolute atomic E-state index is 11.3. The Kier molecular flexibility index (Phi) is 5.01. The van der Waals surface area contributed by atoms with Crippen molar-refractivity contribution in [3.05, 3.63) is 64.2 Å². The molecule has 4 heteroatoms.